The molecule has 7 nitrogen and oxygen atoms in total. The Morgan fingerprint density at radius 3 is 2.76 bits per heavy atom. The van der Waals surface area contributed by atoms with Crippen LogP contribution >= 0.6 is 0 Å². The van der Waals surface area contributed by atoms with Crippen LogP contribution in [0, 0.1) is 0 Å². The Labute approximate surface area is 99.9 Å². The van der Waals surface area contributed by atoms with Crippen molar-refractivity contribution in [2.24, 2.45) is 14.1 Å². The number of aromatic nitrogens is 6. The van der Waals surface area contributed by atoms with Crippen LogP contribution in [-0.4, -0.2) is 36.3 Å². The van der Waals surface area contributed by atoms with E-state index in [4.69, 9.17) is 0 Å². The van der Waals surface area contributed by atoms with Crippen molar-refractivity contribution < 1.29 is 0 Å². The SMILES string of the molecule is CCNC(Cc1nnn(C)n1)c1cn(C)cn1. The first-order valence-electron chi connectivity index (χ1n) is 5.63. The van der Waals surface area contributed by atoms with E-state index in [2.05, 4.69) is 32.6 Å². The van der Waals surface area contributed by atoms with Crippen LogP contribution in [0.1, 0.15) is 24.5 Å². The predicted molar refractivity (Wildman–Crippen MR) is 62.1 cm³/mol. The first kappa shape index (κ1) is 11.7. The van der Waals surface area contributed by atoms with Crippen LogP contribution in [0.4, 0.5) is 0 Å². The largest absolute Gasteiger partial charge is 0.340 e. The van der Waals surface area contributed by atoms with E-state index in [0.717, 1.165) is 18.1 Å². The lowest BCUT2D eigenvalue weighted by atomic mass is 10.1. The van der Waals surface area contributed by atoms with Gasteiger partial charge in [0, 0.05) is 19.7 Å². The zero-order valence-corrected chi connectivity index (χ0v) is 10.3. The van der Waals surface area contributed by atoms with E-state index in [1.54, 1.807) is 13.4 Å². The van der Waals surface area contributed by atoms with Gasteiger partial charge in [0.2, 0.25) is 0 Å². The molecule has 92 valence electrons. The van der Waals surface area contributed by atoms with Crippen LogP contribution in [0.5, 0.6) is 0 Å². The summed E-state index contributed by atoms with van der Waals surface area (Å²) in [7, 11) is 3.72. The van der Waals surface area contributed by atoms with Gasteiger partial charge in [-0.05, 0) is 11.8 Å². The van der Waals surface area contributed by atoms with Gasteiger partial charge in [-0.1, -0.05) is 6.92 Å². The average molecular weight is 235 g/mol. The molecule has 7 heteroatoms. The van der Waals surface area contributed by atoms with Crippen molar-refractivity contribution in [2.45, 2.75) is 19.4 Å². The van der Waals surface area contributed by atoms with Gasteiger partial charge < -0.3 is 9.88 Å². The van der Waals surface area contributed by atoms with Crippen LogP contribution in [0.2, 0.25) is 0 Å². The molecule has 0 spiro atoms. The summed E-state index contributed by atoms with van der Waals surface area (Å²) < 4.78 is 1.93. The quantitative estimate of drug-likeness (QED) is 0.779. The standard InChI is InChI=1S/C10H17N7/c1-4-11-8(9-6-16(2)7-12-9)5-10-13-15-17(3)14-10/h6-8,11H,4-5H2,1-3H3. The summed E-state index contributed by atoms with van der Waals surface area (Å²) >= 11 is 0. The lowest BCUT2D eigenvalue weighted by molar-refractivity contribution is 0.524. The molecule has 1 unspecified atom stereocenters. The molecule has 2 rings (SSSR count). The van der Waals surface area contributed by atoms with Crippen molar-refractivity contribution in [2.75, 3.05) is 6.54 Å². The molecule has 0 saturated carbocycles. The molecule has 0 aliphatic rings. The number of hydrogen-bond donors (Lipinski definition) is 1. The Morgan fingerprint density at radius 1 is 1.41 bits per heavy atom. The van der Waals surface area contributed by atoms with Crippen LogP contribution in [0.15, 0.2) is 12.5 Å². The molecule has 0 radical (unpaired) electrons. The van der Waals surface area contributed by atoms with Gasteiger partial charge in [0.05, 0.1) is 25.1 Å². The van der Waals surface area contributed by atoms with Crippen molar-refractivity contribution in [3.8, 4) is 0 Å². The Bertz CT molecular complexity index is 472. The fourth-order valence-electron chi connectivity index (χ4n) is 1.73. The van der Waals surface area contributed by atoms with E-state index in [0.29, 0.717) is 6.42 Å². The molecule has 0 amide bonds. The van der Waals surface area contributed by atoms with Gasteiger partial charge in [-0.15, -0.1) is 10.2 Å². The molecule has 0 saturated heterocycles. The number of likely N-dealkylation sites (N-methyl/N-ethyl adjacent to an activating group) is 1. The molecular weight excluding hydrogens is 218 g/mol. The monoisotopic (exact) mass is 235 g/mol. The smallest absolute Gasteiger partial charge is 0.176 e. The Hall–Kier alpha value is -1.76. The highest BCUT2D eigenvalue weighted by atomic mass is 15.6. The van der Waals surface area contributed by atoms with Gasteiger partial charge in [0.1, 0.15) is 0 Å². The average Bonchev–Trinajstić information content (AvgIpc) is 2.87. The van der Waals surface area contributed by atoms with Gasteiger partial charge in [-0.2, -0.15) is 4.80 Å². The molecule has 17 heavy (non-hydrogen) atoms. The van der Waals surface area contributed by atoms with E-state index in [1.165, 1.54) is 4.80 Å². The van der Waals surface area contributed by atoms with Gasteiger partial charge in [0.25, 0.3) is 0 Å². The highest BCUT2D eigenvalue weighted by Crippen LogP contribution is 2.13. The first-order valence-corrected chi connectivity index (χ1v) is 5.63. The number of nitrogens with zero attached hydrogens (tertiary/aromatic N) is 6. The molecule has 0 aromatic carbocycles. The predicted octanol–water partition coefficient (Wildman–Crippen LogP) is -0.163. The van der Waals surface area contributed by atoms with E-state index in [-0.39, 0.29) is 6.04 Å². The van der Waals surface area contributed by atoms with Crippen molar-refractivity contribution in [3.63, 3.8) is 0 Å². The summed E-state index contributed by atoms with van der Waals surface area (Å²) in [5, 5.41) is 15.4. The Kier molecular flexibility index (Phi) is 3.48. The van der Waals surface area contributed by atoms with E-state index >= 15 is 0 Å². The minimum absolute atomic E-state index is 0.130. The summed E-state index contributed by atoms with van der Waals surface area (Å²) in [6.07, 6.45) is 4.49. The molecule has 1 atom stereocenters. The molecule has 0 aliphatic heterocycles. The third kappa shape index (κ3) is 2.88. The van der Waals surface area contributed by atoms with Crippen molar-refractivity contribution in [1.82, 2.24) is 35.1 Å². The molecule has 2 aromatic heterocycles. The number of imidazole rings is 1. The molecule has 0 bridgehead atoms. The lowest BCUT2D eigenvalue weighted by Crippen LogP contribution is -2.23. The van der Waals surface area contributed by atoms with Crippen LogP contribution in [-0.2, 0) is 20.5 Å². The minimum Gasteiger partial charge on any atom is -0.340 e. The molecule has 0 fully saturated rings. The number of aryl methyl sites for hydroxylation is 2. The van der Waals surface area contributed by atoms with Gasteiger partial charge in [0.15, 0.2) is 5.82 Å². The molecule has 1 N–H and O–H groups in total. The maximum Gasteiger partial charge on any atom is 0.176 e. The third-order valence-electron chi connectivity index (χ3n) is 2.47. The fraction of sp³-hybridized carbons (Fsp3) is 0.600. The van der Waals surface area contributed by atoms with E-state index in [9.17, 15) is 0 Å². The van der Waals surface area contributed by atoms with Crippen LogP contribution in [0.25, 0.3) is 0 Å². The number of tetrazole rings is 1. The highest BCUT2D eigenvalue weighted by molar-refractivity contribution is 5.06. The highest BCUT2D eigenvalue weighted by Gasteiger charge is 2.16. The summed E-state index contributed by atoms with van der Waals surface area (Å²) in [4.78, 5) is 5.82. The number of nitrogens with one attached hydrogen (secondary N) is 1. The summed E-state index contributed by atoms with van der Waals surface area (Å²) in [6.45, 7) is 2.95. The van der Waals surface area contributed by atoms with E-state index < -0.39 is 0 Å². The van der Waals surface area contributed by atoms with Crippen LogP contribution in [0.3, 0.4) is 0 Å². The summed E-state index contributed by atoms with van der Waals surface area (Å²) in [5.74, 6) is 0.726. The second kappa shape index (κ2) is 5.05. The Morgan fingerprint density at radius 2 is 2.24 bits per heavy atom. The van der Waals surface area contributed by atoms with Crippen LogP contribution < -0.4 is 5.32 Å². The third-order valence-corrected chi connectivity index (χ3v) is 2.47. The maximum absolute atomic E-state index is 4.36. The minimum atomic E-state index is 0.130. The zero-order chi connectivity index (χ0) is 12.3. The van der Waals surface area contributed by atoms with Gasteiger partial charge in [-0.3, -0.25) is 0 Å². The zero-order valence-electron chi connectivity index (χ0n) is 10.3. The summed E-state index contributed by atoms with van der Waals surface area (Å²) in [6, 6.07) is 0.130. The lowest BCUT2D eigenvalue weighted by Gasteiger charge is -2.13. The second-order valence-electron chi connectivity index (χ2n) is 3.97. The normalized spacial score (nSPS) is 12.9. The topological polar surface area (TPSA) is 73.5 Å². The van der Waals surface area contributed by atoms with Gasteiger partial charge >= 0.3 is 0 Å². The first-order chi connectivity index (χ1) is 8.19. The van der Waals surface area contributed by atoms with Gasteiger partial charge in [-0.25, -0.2) is 4.98 Å². The second-order valence-corrected chi connectivity index (χ2v) is 3.97. The maximum atomic E-state index is 4.36. The van der Waals surface area contributed by atoms with Crippen molar-refractivity contribution in [3.05, 3.63) is 24.0 Å². The van der Waals surface area contributed by atoms with Crippen molar-refractivity contribution >= 4 is 0 Å². The summed E-state index contributed by atoms with van der Waals surface area (Å²) in [5.41, 5.74) is 1.00. The number of hydrogen-bond acceptors (Lipinski definition) is 5. The Balaban J connectivity index is 2.12. The molecule has 2 heterocycles. The molecule has 2 aromatic rings. The molecular formula is C10H17N7. The fourth-order valence-corrected chi connectivity index (χ4v) is 1.73. The number of rotatable bonds is 5. The molecule has 0 aliphatic carbocycles. The van der Waals surface area contributed by atoms with E-state index in [1.807, 2.05) is 17.8 Å². The van der Waals surface area contributed by atoms with Crippen molar-refractivity contribution in [1.29, 1.82) is 0 Å².